The molecule has 142 valence electrons. The van der Waals surface area contributed by atoms with Crippen molar-refractivity contribution in [2.75, 3.05) is 38.8 Å². The first-order valence-electron chi connectivity index (χ1n) is 8.46. The van der Waals surface area contributed by atoms with Crippen LogP contribution in [0.1, 0.15) is 24.8 Å². The third-order valence-corrected chi connectivity index (χ3v) is 4.30. The van der Waals surface area contributed by atoms with Gasteiger partial charge in [0.15, 0.2) is 0 Å². The lowest BCUT2D eigenvalue weighted by molar-refractivity contribution is -0.118. The lowest BCUT2D eigenvalue weighted by Crippen LogP contribution is -2.28. The predicted molar refractivity (Wildman–Crippen MR) is 101 cm³/mol. The molecule has 0 radical (unpaired) electrons. The smallest absolute Gasteiger partial charge is 0.227 e. The van der Waals surface area contributed by atoms with Gasteiger partial charge in [0.05, 0.1) is 19.1 Å². The number of hydrogen-bond acceptors (Lipinski definition) is 5. The van der Waals surface area contributed by atoms with Crippen molar-refractivity contribution in [2.24, 2.45) is 11.7 Å². The number of hydrogen-bond donors (Lipinski definition) is 2. The maximum absolute atomic E-state index is 12.0. The molecule has 0 aromatic heterocycles. The zero-order valence-corrected chi connectivity index (χ0v) is 15.8. The zero-order chi connectivity index (χ0) is 17.4. The first-order valence-corrected chi connectivity index (χ1v) is 8.46. The van der Waals surface area contributed by atoms with Gasteiger partial charge in [-0.15, -0.1) is 12.4 Å². The predicted octanol–water partition coefficient (Wildman–Crippen LogP) is 2.52. The van der Waals surface area contributed by atoms with Gasteiger partial charge in [-0.1, -0.05) is 6.07 Å². The molecular weight excluding hydrogens is 344 g/mol. The van der Waals surface area contributed by atoms with Crippen LogP contribution in [0, 0.1) is 12.8 Å². The summed E-state index contributed by atoms with van der Waals surface area (Å²) in [6.45, 7) is 4.62. The highest BCUT2D eigenvalue weighted by Crippen LogP contribution is 2.25. The third-order valence-electron chi connectivity index (χ3n) is 4.30. The Morgan fingerprint density at radius 2 is 2.12 bits per heavy atom. The maximum atomic E-state index is 12.0. The standard InChI is InChI=1S/C18H28N2O4.ClH/c1-13-3-4-15(20-18(21)10-16(11-19)22-2)9-17(13)24-12-14-5-7-23-8-6-14;/h3-4,9,14,16H,5-8,10-12,19H2,1-2H3,(H,20,21);1H. The fraction of sp³-hybridized carbons (Fsp3) is 0.611. The Balaban J connectivity index is 0.00000312. The summed E-state index contributed by atoms with van der Waals surface area (Å²) in [7, 11) is 1.55. The second-order valence-electron chi connectivity index (χ2n) is 6.19. The number of benzene rings is 1. The van der Waals surface area contributed by atoms with Crippen LogP contribution in [0.5, 0.6) is 5.75 Å². The highest BCUT2D eigenvalue weighted by molar-refractivity contribution is 5.91. The maximum Gasteiger partial charge on any atom is 0.227 e. The number of nitrogens with one attached hydrogen (secondary N) is 1. The van der Waals surface area contributed by atoms with E-state index in [1.165, 1.54) is 0 Å². The molecule has 3 N–H and O–H groups in total. The van der Waals surface area contributed by atoms with Crippen LogP contribution >= 0.6 is 12.4 Å². The lowest BCUT2D eigenvalue weighted by atomic mass is 10.0. The molecule has 1 aromatic rings. The van der Waals surface area contributed by atoms with E-state index in [4.69, 9.17) is 19.9 Å². The van der Waals surface area contributed by atoms with E-state index in [0.717, 1.165) is 43.1 Å². The van der Waals surface area contributed by atoms with Gasteiger partial charge in [0.2, 0.25) is 5.91 Å². The molecule has 0 spiro atoms. The number of nitrogens with two attached hydrogens (primary N) is 1. The Bertz CT molecular complexity index is 532. The van der Waals surface area contributed by atoms with Crippen LogP contribution in [-0.2, 0) is 14.3 Å². The van der Waals surface area contributed by atoms with Crippen LogP contribution in [0.15, 0.2) is 18.2 Å². The highest BCUT2D eigenvalue weighted by Gasteiger charge is 2.16. The van der Waals surface area contributed by atoms with E-state index in [1.54, 1.807) is 7.11 Å². The van der Waals surface area contributed by atoms with E-state index >= 15 is 0 Å². The van der Waals surface area contributed by atoms with Crippen LogP contribution in [0.4, 0.5) is 5.69 Å². The molecule has 1 amide bonds. The summed E-state index contributed by atoms with van der Waals surface area (Å²) in [6, 6.07) is 5.70. The minimum Gasteiger partial charge on any atom is -0.493 e. The number of anilines is 1. The monoisotopic (exact) mass is 372 g/mol. The van der Waals surface area contributed by atoms with Crippen molar-refractivity contribution in [3.8, 4) is 5.75 Å². The topological polar surface area (TPSA) is 82.8 Å². The van der Waals surface area contributed by atoms with E-state index in [9.17, 15) is 4.79 Å². The third kappa shape index (κ3) is 7.20. The van der Waals surface area contributed by atoms with Crippen LogP contribution in [0.3, 0.4) is 0 Å². The van der Waals surface area contributed by atoms with Crippen LogP contribution in [0.2, 0.25) is 0 Å². The summed E-state index contributed by atoms with van der Waals surface area (Å²) in [5, 5.41) is 2.87. The number of rotatable bonds is 8. The molecular formula is C18H29ClN2O4. The first kappa shape index (κ1) is 21.7. The Morgan fingerprint density at radius 3 is 2.76 bits per heavy atom. The van der Waals surface area contributed by atoms with Crippen LogP contribution in [-0.4, -0.2) is 45.5 Å². The minimum absolute atomic E-state index is 0. The number of carbonyl (C=O) groups is 1. The second kappa shape index (κ2) is 11.3. The molecule has 0 bridgehead atoms. The molecule has 0 saturated carbocycles. The van der Waals surface area contributed by atoms with Crippen molar-refractivity contribution in [3.05, 3.63) is 23.8 Å². The Morgan fingerprint density at radius 1 is 1.40 bits per heavy atom. The normalized spacial score (nSPS) is 16.0. The number of aryl methyl sites for hydroxylation is 1. The van der Waals surface area contributed by atoms with Crippen LogP contribution in [0.25, 0.3) is 0 Å². The number of methoxy groups -OCH3 is 1. The molecule has 7 heteroatoms. The van der Waals surface area contributed by atoms with Crippen molar-refractivity contribution in [1.29, 1.82) is 0 Å². The molecule has 1 saturated heterocycles. The number of halogens is 1. The van der Waals surface area contributed by atoms with E-state index in [1.807, 2.05) is 25.1 Å². The Kier molecular flexibility index (Phi) is 9.82. The molecule has 1 aliphatic heterocycles. The van der Waals surface area contributed by atoms with Gasteiger partial charge in [-0.3, -0.25) is 4.79 Å². The molecule has 1 aliphatic rings. The molecule has 25 heavy (non-hydrogen) atoms. The molecule has 2 rings (SSSR count). The van der Waals surface area contributed by atoms with Crippen molar-refractivity contribution in [2.45, 2.75) is 32.3 Å². The number of ether oxygens (including phenoxy) is 3. The summed E-state index contributed by atoms with van der Waals surface area (Å²) < 4.78 is 16.5. The molecule has 1 fully saturated rings. The molecule has 1 aromatic carbocycles. The second-order valence-corrected chi connectivity index (χ2v) is 6.19. The minimum atomic E-state index is -0.264. The van der Waals surface area contributed by atoms with Gasteiger partial charge in [-0.25, -0.2) is 0 Å². The van der Waals surface area contributed by atoms with Crippen molar-refractivity contribution >= 4 is 24.0 Å². The first-order chi connectivity index (χ1) is 11.6. The van der Waals surface area contributed by atoms with Gasteiger partial charge in [0, 0.05) is 38.6 Å². The SMILES string of the molecule is COC(CN)CC(=O)Nc1ccc(C)c(OCC2CCOCC2)c1.Cl. The van der Waals surface area contributed by atoms with Crippen molar-refractivity contribution in [3.63, 3.8) is 0 Å². The summed E-state index contributed by atoms with van der Waals surface area (Å²) >= 11 is 0. The van der Waals surface area contributed by atoms with Gasteiger partial charge >= 0.3 is 0 Å². The molecule has 0 aliphatic carbocycles. The molecule has 1 heterocycles. The molecule has 1 unspecified atom stereocenters. The zero-order valence-electron chi connectivity index (χ0n) is 15.0. The number of carbonyl (C=O) groups excluding carboxylic acids is 1. The van der Waals surface area contributed by atoms with Crippen molar-refractivity contribution in [1.82, 2.24) is 0 Å². The number of amides is 1. The van der Waals surface area contributed by atoms with Gasteiger partial charge in [0.1, 0.15) is 5.75 Å². The van der Waals surface area contributed by atoms with Crippen molar-refractivity contribution < 1.29 is 19.0 Å². The summed E-state index contributed by atoms with van der Waals surface area (Å²) in [4.78, 5) is 12.0. The molecule has 1 atom stereocenters. The fourth-order valence-electron chi connectivity index (χ4n) is 2.64. The summed E-state index contributed by atoms with van der Waals surface area (Å²) in [5.74, 6) is 1.22. The van der Waals surface area contributed by atoms with E-state index in [-0.39, 0.29) is 30.8 Å². The summed E-state index contributed by atoms with van der Waals surface area (Å²) in [6.07, 6.45) is 2.04. The molecule has 6 nitrogen and oxygen atoms in total. The van der Waals surface area contributed by atoms with E-state index in [0.29, 0.717) is 19.1 Å². The highest BCUT2D eigenvalue weighted by atomic mass is 35.5. The Labute approximate surface area is 155 Å². The lowest BCUT2D eigenvalue weighted by Gasteiger charge is -2.22. The fourth-order valence-corrected chi connectivity index (χ4v) is 2.64. The quantitative estimate of drug-likeness (QED) is 0.732. The average Bonchev–Trinajstić information content (AvgIpc) is 2.61. The largest absolute Gasteiger partial charge is 0.493 e. The van der Waals surface area contributed by atoms with Gasteiger partial charge in [-0.05, 0) is 37.3 Å². The van der Waals surface area contributed by atoms with Crippen LogP contribution < -0.4 is 15.8 Å². The Hall–Kier alpha value is -1.34. The summed E-state index contributed by atoms with van der Waals surface area (Å²) in [5.41, 5.74) is 7.32. The average molecular weight is 373 g/mol. The van der Waals surface area contributed by atoms with Gasteiger partial charge in [0.25, 0.3) is 0 Å². The van der Waals surface area contributed by atoms with E-state index in [2.05, 4.69) is 5.32 Å². The van der Waals surface area contributed by atoms with E-state index < -0.39 is 0 Å². The van der Waals surface area contributed by atoms with Gasteiger partial charge in [-0.2, -0.15) is 0 Å². The van der Waals surface area contributed by atoms with Gasteiger partial charge < -0.3 is 25.3 Å².